The van der Waals surface area contributed by atoms with E-state index in [-0.39, 0.29) is 18.4 Å². The predicted molar refractivity (Wildman–Crippen MR) is 72.4 cm³/mol. The van der Waals surface area contributed by atoms with Crippen LogP contribution in [0.15, 0.2) is 34.9 Å². The summed E-state index contributed by atoms with van der Waals surface area (Å²) in [7, 11) is 0. The second kappa shape index (κ2) is 4.81. The summed E-state index contributed by atoms with van der Waals surface area (Å²) in [5.74, 6) is -0.0403. The molecule has 0 unspecified atom stereocenters. The fraction of sp³-hybridized carbons (Fsp3) is 0.0909. The van der Waals surface area contributed by atoms with Crippen molar-refractivity contribution in [3.63, 3.8) is 0 Å². The van der Waals surface area contributed by atoms with Crippen LogP contribution in [0.5, 0.6) is 0 Å². The van der Waals surface area contributed by atoms with Gasteiger partial charge in [-0.15, -0.1) is 5.10 Å². The van der Waals surface area contributed by atoms with Gasteiger partial charge in [0.05, 0.1) is 0 Å². The van der Waals surface area contributed by atoms with Gasteiger partial charge in [-0.1, -0.05) is 27.1 Å². The number of amides is 1. The molecule has 1 amide bonds. The van der Waals surface area contributed by atoms with Crippen LogP contribution in [0.1, 0.15) is 0 Å². The molecule has 3 aromatic rings. The van der Waals surface area contributed by atoms with Gasteiger partial charge in [0.25, 0.3) is 5.95 Å². The van der Waals surface area contributed by atoms with Crippen molar-refractivity contribution in [2.75, 3.05) is 5.32 Å². The van der Waals surface area contributed by atoms with Gasteiger partial charge in [-0.25, -0.2) is 0 Å². The highest BCUT2D eigenvalue weighted by Crippen LogP contribution is 2.20. The molecule has 2 heterocycles. The lowest BCUT2D eigenvalue weighted by Crippen LogP contribution is -2.19. The van der Waals surface area contributed by atoms with Gasteiger partial charge >= 0.3 is 0 Å². The molecular weight excluding hydrogens is 312 g/mol. The average molecular weight is 321 g/mol. The monoisotopic (exact) mass is 320 g/mol. The minimum atomic E-state index is -0.209. The molecule has 0 aliphatic heterocycles. The van der Waals surface area contributed by atoms with Crippen molar-refractivity contribution in [2.45, 2.75) is 6.54 Å². The third kappa shape index (κ3) is 2.48. The summed E-state index contributed by atoms with van der Waals surface area (Å²) in [4.78, 5) is 11.8. The minimum absolute atomic E-state index is 0.169. The zero-order chi connectivity index (χ0) is 13.2. The predicted octanol–water partition coefficient (Wildman–Crippen LogP) is 1.56. The van der Waals surface area contributed by atoms with E-state index in [2.05, 4.69) is 41.9 Å². The minimum Gasteiger partial charge on any atom is -0.338 e. The quantitative estimate of drug-likeness (QED) is 0.766. The van der Waals surface area contributed by atoms with Crippen molar-refractivity contribution in [3.05, 3.63) is 34.9 Å². The molecule has 2 N–H and O–H groups in total. The molecule has 0 saturated heterocycles. The van der Waals surface area contributed by atoms with Crippen LogP contribution in [0.4, 0.5) is 5.95 Å². The van der Waals surface area contributed by atoms with Crippen LogP contribution in [0, 0.1) is 0 Å². The van der Waals surface area contributed by atoms with E-state index in [1.165, 1.54) is 0 Å². The van der Waals surface area contributed by atoms with Gasteiger partial charge in [-0.3, -0.25) is 10.1 Å². The summed E-state index contributed by atoms with van der Waals surface area (Å²) in [6.45, 7) is 0.189. The van der Waals surface area contributed by atoms with Crippen LogP contribution in [0.3, 0.4) is 0 Å². The number of carbonyl (C=O) groups is 1. The largest absolute Gasteiger partial charge is 0.338 e. The summed E-state index contributed by atoms with van der Waals surface area (Å²) in [5, 5.41) is 16.6. The maximum absolute atomic E-state index is 11.8. The molecule has 0 spiro atoms. The smallest absolute Gasteiger partial charge is 0.269 e. The van der Waals surface area contributed by atoms with Gasteiger partial charge in [0.2, 0.25) is 5.91 Å². The Labute approximate surface area is 116 Å². The van der Waals surface area contributed by atoms with Gasteiger partial charge in [-0.05, 0) is 28.8 Å². The molecule has 8 heteroatoms. The second-order valence-electron chi connectivity index (χ2n) is 3.93. The highest BCUT2D eigenvalue weighted by atomic mass is 79.9. The number of nitrogens with zero attached hydrogens (tertiary/aromatic N) is 4. The van der Waals surface area contributed by atoms with E-state index in [0.717, 1.165) is 15.4 Å². The number of halogens is 1. The molecule has 0 saturated carbocycles. The Balaban J connectivity index is 1.81. The number of anilines is 1. The number of hydrogen-bond acceptors (Lipinski definition) is 4. The lowest BCUT2D eigenvalue weighted by Gasteiger charge is -2.04. The third-order valence-corrected chi connectivity index (χ3v) is 3.14. The molecule has 0 radical (unpaired) electrons. The SMILES string of the molecule is O=C(Cn1ccc2ccc(Br)cc21)Nc1nn[nH]n1. The lowest BCUT2D eigenvalue weighted by molar-refractivity contribution is -0.116. The Kier molecular flexibility index (Phi) is 3.00. The van der Waals surface area contributed by atoms with Gasteiger partial charge in [0, 0.05) is 16.2 Å². The van der Waals surface area contributed by atoms with Gasteiger partial charge in [0.1, 0.15) is 6.54 Å². The maximum atomic E-state index is 11.8. The molecular formula is C11H9BrN6O. The van der Waals surface area contributed by atoms with Crippen molar-refractivity contribution < 1.29 is 4.79 Å². The molecule has 96 valence electrons. The first-order valence-electron chi connectivity index (χ1n) is 5.50. The highest BCUT2D eigenvalue weighted by molar-refractivity contribution is 9.10. The number of aromatic amines is 1. The van der Waals surface area contributed by atoms with Gasteiger partial charge < -0.3 is 4.57 Å². The van der Waals surface area contributed by atoms with Crippen LogP contribution >= 0.6 is 15.9 Å². The first-order chi connectivity index (χ1) is 9.22. The number of fused-ring (bicyclic) bond motifs is 1. The number of carbonyl (C=O) groups excluding carboxylic acids is 1. The molecule has 0 atom stereocenters. The van der Waals surface area contributed by atoms with Crippen molar-refractivity contribution in [2.24, 2.45) is 0 Å². The number of aromatic nitrogens is 5. The van der Waals surface area contributed by atoms with E-state index in [1.54, 1.807) is 0 Å². The maximum Gasteiger partial charge on any atom is 0.269 e. The van der Waals surface area contributed by atoms with Crippen molar-refractivity contribution in [3.8, 4) is 0 Å². The molecule has 0 aliphatic carbocycles. The Morgan fingerprint density at radius 2 is 2.32 bits per heavy atom. The van der Waals surface area contributed by atoms with Crippen LogP contribution < -0.4 is 5.32 Å². The third-order valence-electron chi connectivity index (χ3n) is 2.65. The standard InChI is InChI=1S/C11H9BrN6O/c12-8-2-1-7-3-4-18(9(7)5-8)6-10(19)13-11-14-16-17-15-11/h1-5H,6H2,(H2,13,14,15,16,17,19). The summed E-state index contributed by atoms with van der Waals surface area (Å²) in [6.07, 6.45) is 1.87. The molecule has 3 rings (SSSR count). The zero-order valence-electron chi connectivity index (χ0n) is 9.67. The number of benzene rings is 1. The highest BCUT2D eigenvalue weighted by Gasteiger charge is 2.08. The first-order valence-corrected chi connectivity index (χ1v) is 6.29. The summed E-state index contributed by atoms with van der Waals surface area (Å²) in [6, 6.07) is 7.89. The Morgan fingerprint density at radius 3 is 3.11 bits per heavy atom. The summed E-state index contributed by atoms with van der Waals surface area (Å²) < 4.78 is 2.83. The topological polar surface area (TPSA) is 88.5 Å². The first kappa shape index (κ1) is 11.8. The second-order valence-corrected chi connectivity index (χ2v) is 4.85. The Morgan fingerprint density at radius 1 is 1.42 bits per heavy atom. The number of H-pyrrole nitrogens is 1. The zero-order valence-corrected chi connectivity index (χ0v) is 11.3. The van der Waals surface area contributed by atoms with E-state index in [4.69, 9.17) is 0 Å². The molecule has 0 bridgehead atoms. The molecule has 0 fully saturated rings. The Bertz CT molecular complexity index is 720. The summed E-state index contributed by atoms with van der Waals surface area (Å²) in [5.41, 5.74) is 0.984. The number of tetrazole rings is 1. The molecule has 0 aliphatic rings. The van der Waals surface area contributed by atoms with E-state index < -0.39 is 0 Å². The van der Waals surface area contributed by atoms with Gasteiger partial charge in [0.15, 0.2) is 0 Å². The molecule has 2 aromatic heterocycles. The van der Waals surface area contributed by atoms with Crippen LogP contribution in [-0.2, 0) is 11.3 Å². The van der Waals surface area contributed by atoms with Gasteiger partial charge in [-0.2, -0.15) is 5.21 Å². The molecule has 7 nitrogen and oxygen atoms in total. The lowest BCUT2D eigenvalue weighted by atomic mass is 10.2. The fourth-order valence-electron chi connectivity index (χ4n) is 1.83. The number of rotatable bonds is 3. The molecule has 19 heavy (non-hydrogen) atoms. The van der Waals surface area contributed by atoms with Crippen LogP contribution in [0.25, 0.3) is 10.9 Å². The number of nitrogens with one attached hydrogen (secondary N) is 2. The van der Waals surface area contributed by atoms with E-state index in [9.17, 15) is 4.79 Å². The van der Waals surface area contributed by atoms with Crippen molar-refractivity contribution in [1.82, 2.24) is 25.2 Å². The normalized spacial score (nSPS) is 10.8. The Hall–Kier alpha value is -2.22. The number of hydrogen-bond donors (Lipinski definition) is 2. The average Bonchev–Trinajstić information content (AvgIpc) is 3.00. The van der Waals surface area contributed by atoms with E-state index in [0.29, 0.717) is 0 Å². The van der Waals surface area contributed by atoms with Crippen molar-refractivity contribution in [1.29, 1.82) is 0 Å². The fourth-order valence-corrected chi connectivity index (χ4v) is 2.18. The van der Waals surface area contributed by atoms with E-state index >= 15 is 0 Å². The molecule has 1 aromatic carbocycles. The van der Waals surface area contributed by atoms with Crippen molar-refractivity contribution >= 4 is 38.7 Å². The van der Waals surface area contributed by atoms with Crippen LogP contribution in [-0.4, -0.2) is 31.1 Å². The van der Waals surface area contributed by atoms with Crippen LogP contribution in [0.2, 0.25) is 0 Å². The summed E-state index contributed by atoms with van der Waals surface area (Å²) >= 11 is 3.42. The van der Waals surface area contributed by atoms with E-state index in [1.807, 2.05) is 35.0 Å².